The van der Waals surface area contributed by atoms with Crippen molar-refractivity contribution in [2.45, 2.75) is 18.9 Å². The van der Waals surface area contributed by atoms with E-state index in [9.17, 15) is 4.79 Å². The molecule has 0 radical (unpaired) electrons. The number of rotatable bonds is 2. The molecule has 17 heavy (non-hydrogen) atoms. The minimum atomic E-state index is 0.0750. The van der Waals surface area contributed by atoms with E-state index in [0.717, 1.165) is 6.42 Å². The standard InChI is InChI=1S/C11H13N5O/c12-5-9-8(13)2-3-10(16-9)15-7-1-4-11(17)14-6-7/h2-3,7H,1,4,6,13H2,(H,14,17)(H,15,16). The van der Waals surface area contributed by atoms with E-state index in [2.05, 4.69) is 15.6 Å². The van der Waals surface area contributed by atoms with E-state index in [1.54, 1.807) is 12.1 Å². The van der Waals surface area contributed by atoms with E-state index in [1.807, 2.05) is 6.07 Å². The average Bonchev–Trinajstić information content (AvgIpc) is 2.34. The molecule has 1 fully saturated rings. The summed E-state index contributed by atoms with van der Waals surface area (Å²) in [5, 5.41) is 14.8. The SMILES string of the molecule is N#Cc1nc(NC2CCC(=O)NC2)ccc1N. The number of anilines is 2. The second kappa shape index (κ2) is 4.70. The molecule has 1 saturated heterocycles. The van der Waals surface area contributed by atoms with Crippen molar-refractivity contribution in [3.05, 3.63) is 17.8 Å². The molecule has 0 aromatic carbocycles. The maximum absolute atomic E-state index is 11.0. The van der Waals surface area contributed by atoms with Crippen LogP contribution >= 0.6 is 0 Å². The third-order valence-corrected chi connectivity index (χ3v) is 2.65. The fraction of sp³-hybridized carbons (Fsp3) is 0.364. The predicted molar refractivity (Wildman–Crippen MR) is 63.0 cm³/mol. The number of nitriles is 1. The van der Waals surface area contributed by atoms with Gasteiger partial charge < -0.3 is 16.4 Å². The first-order valence-corrected chi connectivity index (χ1v) is 5.39. The number of carbonyl (C=O) groups is 1. The Morgan fingerprint density at radius 1 is 1.59 bits per heavy atom. The number of aromatic nitrogens is 1. The molecule has 6 heteroatoms. The summed E-state index contributed by atoms with van der Waals surface area (Å²) in [5.74, 6) is 0.683. The molecule has 2 heterocycles. The highest BCUT2D eigenvalue weighted by atomic mass is 16.1. The summed E-state index contributed by atoms with van der Waals surface area (Å²) in [5.41, 5.74) is 6.17. The minimum absolute atomic E-state index is 0.0750. The number of amides is 1. The number of nitrogens with one attached hydrogen (secondary N) is 2. The average molecular weight is 231 g/mol. The van der Waals surface area contributed by atoms with Crippen molar-refractivity contribution in [1.29, 1.82) is 5.26 Å². The molecule has 88 valence electrons. The van der Waals surface area contributed by atoms with Gasteiger partial charge in [-0.15, -0.1) is 0 Å². The number of pyridine rings is 1. The molecule has 0 spiro atoms. The van der Waals surface area contributed by atoms with Crippen LogP contribution in [-0.2, 0) is 4.79 Å². The van der Waals surface area contributed by atoms with Gasteiger partial charge in [0.05, 0.1) is 5.69 Å². The zero-order chi connectivity index (χ0) is 12.3. The van der Waals surface area contributed by atoms with Gasteiger partial charge in [-0.1, -0.05) is 0 Å². The lowest BCUT2D eigenvalue weighted by atomic mass is 10.1. The van der Waals surface area contributed by atoms with Crippen molar-refractivity contribution in [1.82, 2.24) is 10.3 Å². The summed E-state index contributed by atoms with van der Waals surface area (Å²) in [6, 6.07) is 5.46. The van der Waals surface area contributed by atoms with Crippen LogP contribution in [0.15, 0.2) is 12.1 Å². The number of carbonyl (C=O) groups excluding carboxylic acids is 1. The highest BCUT2D eigenvalue weighted by Crippen LogP contribution is 2.15. The lowest BCUT2D eigenvalue weighted by Crippen LogP contribution is -2.42. The lowest BCUT2D eigenvalue weighted by molar-refractivity contribution is -0.122. The molecule has 6 nitrogen and oxygen atoms in total. The molecule has 2 rings (SSSR count). The van der Waals surface area contributed by atoms with Gasteiger partial charge in [-0.05, 0) is 18.6 Å². The maximum Gasteiger partial charge on any atom is 0.220 e. The van der Waals surface area contributed by atoms with Crippen LogP contribution in [0.3, 0.4) is 0 Å². The lowest BCUT2D eigenvalue weighted by Gasteiger charge is -2.23. The van der Waals surface area contributed by atoms with Crippen molar-refractivity contribution in [2.24, 2.45) is 0 Å². The van der Waals surface area contributed by atoms with Crippen LogP contribution in [0.25, 0.3) is 0 Å². The van der Waals surface area contributed by atoms with Gasteiger partial charge in [0.2, 0.25) is 5.91 Å². The largest absolute Gasteiger partial charge is 0.396 e. The molecule has 4 N–H and O–H groups in total. The summed E-state index contributed by atoms with van der Waals surface area (Å²) in [4.78, 5) is 15.1. The van der Waals surface area contributed by atoms with Gasteiger partial charge >= 0.3 is 0 Å². The Morgan fingerprint density at radius 2 is 2.41 bits per heavy atom. The van der Waals surface area contributed by atoms with Gasteiger partial charge in [0.15, 0.2) is 5.69 Å². The van der Waals surface area contributed by atoms with Crippen LogP contribution in [-0.4, -0.2) is 23.5 Å². The quantitative estimate of drug-likeness (QED) is 0.675. The Balaban J connectivity index is 2.04. The monoisotopic (exact) mass is 231 g/mol. The smallest absolute Gasteiger partial charge is 0.220 e. The van der Waals surface area contributed by atoms with Gasteiger partial charge in [-0.3, -0.25) is 4.79 Å². The van der Waals surface area contributed by atoms with Crippen molar-refractivity contribution in [3.63, 3.8) is 0 Å². The van der Waals surface area contributed by atoms with E-state index >= 15 is 0 Å². The fourth-order valence-electron chi connectivity index (χ4n) is 1.71. The first-order valence-electron chi connectivity index (χ1n) is 5.39. The summed E-state index contributed by atoms with van der Waals surface area (Å²) >= 11 is 0. The number of nitrogens with two attached hydrogens (primary N) is 1. The number of hydrogen-bond donors (Lipinski definition) is 3. The second-order valence-electron chi connectivity index (χ2n) is 3.93. The van der Waals surface area contributed by atoms with Crippen LogP contribution in [0.2, 0.25) is 0 Å². The predicted octanol–water partition coefficient (Wildman–Crippen LogP) is 0.226. The number of piperidine rings is 1. The molecule has 1 atom stereocenters. The molecule has 0 aliphatic carbocycles. The van der Waals surface area contributed by atoms with E-state index < -0.39 is 0 Å². The first-order chi connectivity index (χ1) is 8.19. The molecule has 1 unspecified atom stereocenters. The fourth-order valence-corrected chi connectivity index (χ4v) is 1.71. The van der Waals surface area contributed by atoms with Crippen LogP contribution in [0, 0.1) is 11.3 Å². The Hall–Kier alpha value is -2.29. The molecule has 1 aromatic rings. The number of nitrogen functional groups attached to an aromatic ring is 1. The molecule has 0 bridgehead atoms. The van der Waals surface area contributed by atoms with E-state index in [-0.39, 0.29) is 17.6 Å². The van der Waals surface area contributed by atoms with Gasteiger partial charge in [0.1, 0.15) is 11.9 Å². The summed E-state index contributed by atoms with van der Waals surface area (Å²) in [6.07, 6.45) is 1.28. The Morgan fingerprint density at radius 3 is 3.06 bits per heavy atom. The highest BCUT2D eigenvalue weighted by molar-refractivity contribution is 5.77. The van der Waals surface area contributed by atoms with Crippen LogP contribution in [0.1, 0.15) is 18.5 Å². The molecule has 1 amide bonds. The Kier molecular flexibility index (Phi) is 3.10. The topological polar surface area (TPSA) is 104 Å². The Labute approximate surface area is 98.8 Å². The molecule has 0 saturated carbocycles. The van der Waals surface area contributed by atoms with Crippen LogP contribution in [0.5, 0.6) is 0 Å². The number of hydrogen-bond acceptors (Lipinski definition) is 5. The summed E-state index contributed by atoms with van der Waals surface area (Å²) in [6.45, 7) is 0.576. The zero-order valence-corrected chi connectivity index (χ0v) is 9.23. The zero-order valence-electron chi connectivity index (χ0n) is 9.23. The van der Waals surface area contributed by atoms with Crippen molar-refractivity contribution < 1.29 is 4.79 Å². The van der Waals surface area contributed by atoms with E-state index in [0.29, 0.717) is 24.5 Å². The van der Waals surface area contributed by atoms with Crippen LogP contribution < -0.4 is 16.4 Å². The van der Waals surface area contributed by atoms with Gasteiger partial charge in [0.25, 0.3) is 0 Å². The summed E-state index contributed by atoms with van der Waals surface area (Å²) < 4.78 is 0. The first kappa shape index (κ1) is 11.2. The van der Waals surface area contributed by atoms with Crippen molar-refractivity contribution >= 4 is 17.4 Å². The third kappa shape index (κ3) is 2.64. The molecular weight excluding hydrogens is 218 g/mol. The van der Waals surface area contributed by atoms with E-state index in [1.165, 1.54) is 0 Å². The summed E-state index contributed by atoms with van der Waals surface area (Å²) in [7, 11) is 0. The molecular formula is C11H13N5O. The maximum atomic E-state index is 11.0. The molecule has 1 aliphatic rings. The van der Waals surface area contributed by atoms with E-state index in [4.69, 9.17) is 11.0 Å². The van der Waals surface area contributed by atoms with Gasteiger partial charge in [-0.2, -0.15) is 5.26 Å². The highest BCUT2D eigenvalue weighted by Gasteiger charge is 2.18. The third-order valence-electron chi connectivity index (χ3n) is 2.65. The molecule has 1 aliphatic heterocycles. The van der Waals surface area contributed by atoms with Crippen molar-refractivity contribution in [2.75, 3.05) is 17.6 Å². The number of nitrogens with zero attached hydrogens (tertiary/aromatic N) is 2. The van der Waals surface area contributed by atoms with Crippen LogP contribution in [0.4, 0.5) is 11.5 Å². The Bertz CT molecular complexity index is 469. The van der Waals surface area contributed by atoms with Crippen molar-refractivity contribution in [3.8, 4) is 6.07 Å². The van der Waals surface area contributed by atoms with Gasteiger partial charge in [0, 0.05) is 19.0 Å². The normalized spacial score (nSPS) is 19.2. The van der Waals surface area contributed by atoms with Gasteiger partial charge in [-0.25, -0.2) is 4.98 Å². The minimum Gasteiger partial charge on any atom is -0.396 e. The second-order valence-corrected chi connectivity index (χ2v) is 3.93. The molecule has 1 aromatic heterocycles.